The number of fused-ring (bicyclic) bond motifs is 1. The van der Waals surface area contributed by atoms with Gasteiger partial charge in [-0.3, -0.25) is 9.59 Å². The lowest BCUT2D eigenvalue weighted by Crippen LogP contribution is -2.59. The molecule has 1 saturated carbocycles. The Bertz CT molecular complexity index is 1140. The zero-order valence-corrected chi connectivity index (χ0v) is 17.8. The molecule has 0 unspecified atom stereocenters. The Morgan fingerprint density at radius 1 is 0.938 bits per heavy atom. The van der Waals surface area contributed by atoms with E-state index in [-0.39, 0.29) is 17.6 Å². The molecule has 0 aromatic heterocycles. The number of amides is 2. The van der Waals surface area contributed by atoms with Gasteiger partial charge in [-0.1, -0.05) is 61.4 Å². The highest BCUT2D eigenvalue weighted by molar-refractivity contribution is 6.05. The molecule has 0 bridgehead atoms. The Morgan fingerprint density at radius 2 is 1.59 bits per heavy atom. The molecule has 1 atom stereocenters. The van der Waals surface area contributed by atoms with Crippen molar-refractivity contribution in [2.75, 3.05) is 5.32 Å². The first-order valence-corrected chi connectivity index (χ1v) is 11.1. The van der Waals surface area contributed by atoms with E-state index in [9.17, 15) is 14.7 Å². The van der Waals surface area contributed by atoms with Gasteiger partial charge in [0.2, 0.25) is 5.91 Å². The molecule has 0 saturated heterocycles. The number of carbonyl (C=O) groups excluding carboxylic acids is 2. The van der Waals surface area contributed by atoms with Gasteiger partial charge in [0.25, 0.3) is 5.91 Å². The highest BCUT2D eigenvalue weighted by Crippen LogP contribution is 2.51. The van der Waals surface area contributed by atoms with E-state index in [1.165, 1.54) is 0 Å². The van der Waals surface area contributed by atoms with Crippen molar-refractivity contribution >= 4 is 17.5 Å². The van der Waals surface area contributed by atoms with Gasteiger partial charge < -0.3 is 15.3 Å². The zero-order chi connectivity index (χ0) is 22.1. The minimum atomic E-state index is -0.553. The largest absolute Gasteiger partial charge is 0.508 e. The summed E-state index contributed by atoms with van der Waals surface area (Å²) in [5.41, 5.74) is 2.54. The van der Waals surface area contributed by atoms with E-state index in [1.54, 1.807) is 24.3 Å². The van der Waals surface area contributed by atoms with Crippen LogP contribution >= 0.6 is 0 Å². The summed E-state index contributed by atoms with van der Waals surface area (Å²) in [6.07, 6.45) is 3.58. The second-order valence-corrected chi connectivity index (χ2v) is 8.74. The number of phenols is 1. The minimum Gasteiger partial charge on any atom is -0.508 e. The lowest BCUT2D eigenvalue weighted by atomic mass is 9.71. The topological polar surface area (TPSA) is 69.6 Å². The molecule has 5 nitrogen and oxygen atoms in total. The van der Waals surface area contributed by atoms with Crippen molar-refractivity contribution in [3.05, 3.63) is 95.6 Å². The summed E-state index contributed by atoms with van der Waals surface area (Å²) in [6.45, 7) is 0.483. The number of hydrogen-bond donors (Lipinski definition) is 2. The summed E-state index contributed by atoms with van der Waals surface area (Å²) in [4.78, 5) is 29.4. The van der Waals surface area contributed by atoms with Crippen LogP contribution in [0.2, 0.25) is 0 Å². The van der Waals surface area contributed by atoms with Gasteiger partial charge >= 0.3 is 0 Å². The fraction of sp³-hybridized carbons (Fsp3) is 0.259. The van der Waals surface area contributed by atoms with Gasteiger partial charge in [-0.25, -0.2) is 0 Å². The Labute approximate surface area is 187 Å². The SMILES string of the molecule is O=C(Nc1ccc(O)cc1)[C@H]1c2ccccc2C(=O)N(Cc2ccccc2)C12CCCC2. The molecule has 1 fully saturated rings. The van der Waals surface area contributed by atoms with Crippen LogP contribution in [-0.2, 0) is 11.3 Å². The third kappa shape index (κ3) is 3.44. The molecule has 32 heavy (non-hydrogen) atoms. The summed E-state index contributed by atoms with van der Waals surface area (Å²) in [5.74, 6) is -0.426. The smallest absolute Gasteiger partial charge is 0.254 e. The van der Waals surface area contributed by atoms with Crippen molar-refractivity contribution in [2.45, 2.75) is 43.7 Å². The number of nitrogens with one attached hydrogen (secondary N) is 1. The fourth-order valence-electron chi connectivity index (χ4n) is 5.42. The van der Waals surface area contributed by atoms with Crippen molar-refractivity contribution in [1.82, 2.24) is 4.90 Å². The Morgan fingerprint density at radius 3 is 2.31 bits per heavy atom. The molecule has 5 heteroatoms. The average Bonchev–Trinajstić information content (AvgIpc) is 3.29. The minimum absolute atomic E-state index is 0.0000338. The molecule has 2 aliphatic rings. The maximum absolute atomic E-state index is 13.8. The predicted molar refractivity (Wildman–Crippen MR) is 123 cm³/mol. The molecule has 2 amide bonds. The summed E-state index contributed by atoms with van der Waals surface area (Å²) in [6, 6.07) is 24.0. The zero-order valence-electron chi connectivity index (χ0n) is 17.8. The number of aromatic hydroxyl groups is 1. The number of nitrogens with zero attached hydrogens (tertiary/aromatic N) is 1. The first-order valence-electron chi connectivity index (χ1n) is 11.1. The highest BCUT2D eigenvalue weighted by atomic mass is 16.3. The van der Waals surface area contributed by atoms with Crippen LogP contribution in [0, 0.1) is 0 Å². The van der Waals surface area contributed by atoms with Crippen molar-refractivity contribution in [3.8, 4) is 5.75 Å². The number of carbonyl (C=O) groups is 2. The number of phenolic OH excluding ortho intramolecular Hbond substituents is 1. The van der Waals surface area contributed by atoms with E-state index >= 15 is 0 Å². The third-order valence-electron chi connectivity index (χ3n) is 6.87. The number of rotatable bonds is 4. The van der Waals surface area contributed by atoms with Crippen LogP contribution in [-0.4, -0.2) is 27.4 Å². The number of anilines is 1. The Kier molecular flexibility index (Phi) is 5.17. The quantitative estimate of drug-likeness (QED) is 0.572. The highest BCUT2D eigenvalue weighted by Gasteiger charge is 2.55. The predicted octanol–water partition coefficient (Wildman–Crippen LogP) is 5.08. The molecule has 1 aliphatic heterocycles. The lowest BCUT2D eigenvalue weighted by Gasteiger charge is -2.50. The van der Waals surface area contributed by atoms with Gasteiger partial charge in [-0.2, -0.15) is 0 Å². The van der Waals surface area contributed by atoms with Gasteiger partial charge in [-0.05, 0) is 54.3 Å². The molecule has 162 valence electrons. The summed E-state index contributed by atoms with van der Waals surface area (Å²) < 4.78 is 0. The third-order valence-corrected chi connectivity index (χ3v) is 6.87. The van der Waals surface area contributed by atoms with E-state index in [1.807, 2.05) is 59.5 Å². The lowest BCUT2D eigenvalue weighted by molar-refractivity contribution is -0.121. The van der Waals surface area contributed by atoms with Crippen LogP contribution in [0.3, 0.4) is 0 Å². The standard InChI is InChI=1S/C27H26N2O3/c30-21-14-12-20(13-15-21)28-25(31)24-22-10-4-5-11-23(22)26(32)29(27(24)16-6-7-17-27)18-19-8-2-1-3-9-19/h1-5,8-15,24,30H,6-7,16-18H2,(H,28,31)/t24-/m1/s1. The molecule has 0 radical (unpaired) electrons. The van der Waals surface area contributed by atoms with E-state index in [0.29, 0.717) is 17.8 Å². The second-order valence-electron chi connectivity index (χ2n) is 8.74. The maximum Gasteiger partial charge on any atom is 0.254 e. The second kappa shape index (κ2) is 8.15. The van der Waals surface area contributed by atoms with Gasteiger partial charge in [0, 0.05) is 17.8 Å². The summed E-state index contributed by atoms with van der Waals surface area (Å²) in [7, 11) is 0. The van der Waals surface area contributed by atoms with Crippen LogP contribution in [0.15, 0.2) is 78.9 Å². The normalized spacial score (nSPS) is 19.1. The summed E-state index contributed by atoms with van der Waals surface area (Å²) in [5, 5.41) is 12.6. The molecular formula is C27H26N2O3. The van der Waals surface area contributed by atoms with Crippen LogP contribution in [0.4, 0.5) is 5.69 Å². The number of hydrogen-bond acceptors (Lipinski definition) is 3. The molecule has 2 N–H and O–H groups in total. The first-order chi connectivity index (χ1) is 15.6. The maximum atomic E-state index is 13.8. The first kappa shape index (κ1) is 20.3. The van der Waals surface area contributed by atoms with Crippen molar-refractivity contribution < 1.29 is 14.7 Å². The van der Waals surface area contributed by atoms with Crippen LogP contribution in [0.25, 0.3) is 0 Å². The molecular weight excluding hydrogens is 400 g/mol. The molecule has 3 aromatic carbocycles. The van der Waals surface area contributed by atoms with Gasteiger partial charge in [0.1, 0.15) is 5.75 Å². The van der Waals surface area contributed by atoms with Gasteiger partial charge in [0.15, 0.2) is 0 Å². The Hall–Kier alpha value is -3.60. The van der Waals surface area contributed by atoms with E-state index in [2.05, 4.69) is 5.32 Å². The summed E-state index contributed by atoms with van der Waals surface area (Å²) >= 11 is 0. The van der Waals surface area contributed by atoms with Crippen molar-refractivity contribution in [1.29, 1.82) is 0 Å². The molecule has 1 spiro atoms. The monoisotopic (exact) mass is 426 g/mol. The van der Waals surface area contributed by atoms with E-state index in [0.717, 1.165) is 36.8 Å². The van der Waals surface area contributed by atoms with Gasteiger partial charge in [0.05, 0.1) is 11.5 Å². The van der Waals surface area contributed by atoms with Crippen LogP contribution < -0.4 is 5.32 Å². The van der Waals surface area contributed by atoms with Crippen LogP contribution in [0.1, 0.15) is 53.1 Å². The molecule has 1 aliphatic carbocycles. The Balaban J connectivity index is 1.59. The van der Waals surface area contributed by atoms with Crippen molar-refractivity contribution in [2.24, 2.45) is 0 Å². The van der Waals surface area contributed by atoms with Gasteiger partial charge in [-0.15, -0.1) is 0 Å². The molecule has 5 rings (SSSR count). The van der Waals surface area contributed by atoms with Crippen molar-refractivity contribution in [3.63, 3.8) is 0 Å². The van der Waals surface area contributed by atoms with E-state index < -0.39 is 11.5 Å². The number of benzene rings is 3. The van der Waals surface area contributed by atoms with E-state index in [4.69, 9.17) is 0 Å². The molecule has 3 aromatic rings. The van der Waals surface area contributed by atoms with Crippen LogP contribution in [0.5, 0.6) is 5.75 Å². The fourth-order valence-corrected chi connectivity index (χ4v) is 5.42. The average molecular weight is 427 g/mol. The molecule has 1 heterocycles.